The topological polar surface area (TPSA) is 29.5 Å². The van der Waals surface area contributed by atoms with Crippen LogP contribution in [-0.4, -0.2) is 18.3 Å². The predicted octanol–water partition coefficient (Wildman–Crippen LogP) is 2.37. The first-order valence-corrected chi connectivity index (χ1v) is 4.96. The van der Waals surface area contributed by atoms with Crippen LogP contribution in [0.3, 0.4) is 0 Å². The van der Waals surface area contributed by atoms with Crippen molar-refractivity contribution >= 4 is 0 Å². The van der Waals surface area contributed by atoms with Crippen molar-refractivity contribution in [2.24, 2.45) is 0 Å². The van der Waals surface area contributed by atoms with Gasteiger partial charge in [-0.15, -0.1) is 0 Å². The summed E-state index contributed by atoms with van der Waals surface area (Å²) in [5.41, 5.74) is 3.66. The molecule has 78 valence electrons. The van der Waals surface area contributed by atoms with Gasteiger partial charge in [0.25, 0.3) is 0 Å². The molecule has 0 radical (unpaired) electrons. The summed E-state index contributed by atoms with van der Waals surface area (Å²) in [5, 5.41) is 8.64. The number of aliphatic hydroxyl groups excluding tert-OH is 1. The standard InChI is InChI=1S/C12H18O2/c1-9-7-10(2)11(3)12(8-9)14-6-4-5-13/h7-8,13H,4-6H2,1-3H3. The largest absolute Gasteiger partial charge is 0.493 e. The lowest BCUT2D eigenvalue weighted by atomic mass is 10.1. The van der Waals surface area contributed by atoms with E-state index in [1.54, 1.807) is 0 Å². The van der Waals surface area contributed by atoms with E-state index in [9.17, 15) is 0 Å². The van der Waals surface area contributed by atoms with E-state index in [0.717, 1.165) is 5.75 Å². The summed E-state index contributed by atoms with van der Waals surface area (Å²) in [6.07, 6.45) is 0.687. The van der Waals surface area contributed by atoms with Crippen LogP contribution in [0.2, 0.25) is 0 Å². The molecule has 2 nitrogen and oxygen atoms in total. The van der Waals surface area contributed by atoms with Crippen LogP contribution in [0.1, 0.15) is 23.1 Å². The molecule has 1 rings (SSSR count). The van der Waals surface area contributed by atoms with Crippen molar-refractivity contribution in [3.05, 3.63) is 28.8 Å². The molecule has 0 amide bonds. The number of rotatable bonds is 4. The lowest BCUT2D eigenvalue weighted by molar-refractivity contribution is 0.233. The van der Waals surface area contributed by atoms with E-state index >= 15 is 0 Å². The van der Waals surface area contributed by atoms with Crippen LogP contribution in [-0.2, 0) is 0 Å². The van der Waals surface area contributed by atoms with E-state index in [1.165, 1.54) is 16.7 Å². The molecule has 1 aromatic carbocycles. The number of aryl methyl sites for hydroxylation is 2. The Bertz CT molecular complexity index is 305. The summed E-state index contributed by atoms with van der Waals surface area (Å²) in [7, 11) is 0. The molecule has 0 aliphatic heterocycles. The van der Waals surface area contributed by atoms with Crippen molar-refractivity contribution in [1.29, 1.82) is 0 Å². The van der Waals surface area contributed by atoms with Crippen LogP contribution >= 0.6 is 0 Å². The zero-order valence-corrected chi connectivity index (χ0v) is 9.13. The van der Waals surface area contributed by atoms with Crippen molar-refractivity contribution in [2.75, 3.05) is 13.2 Å². The molecule has 2 heteroatoms. The van der Waals surface area contributed by atoms with Gasteiger partial charge in [0.05, 0.1) is 6.61 Å². The van der Waals surface area contributed by atoms with Gasteiger partial charge in [-0.05, 0) is 43.5 Å². The van der Waals surface area contributed by atoms with Gasteiger partial charge < -0.3 is 9.84 Å². The summed E-state index contributed by atoms with van der Waals surface area (Å²) in [4.78, 5) is 0. The van der Waals surface area contributed by atoms with Crippen LogP contribution in [0.4, 0.5) is 0 Å². The number of ether oxygens (including phenoxy) is 1. The lowest BCUT2D eigenvalue weighted by Crippen LogP contribution is -2.02. The molecular weight excluding hydrogens is 176 g/mol. The van der Waals surface area contributed by atoms with Crippen LogP contribution < -0.4 is 4.74 Å². The van der Waals surface area contributed by atoms with Gasteiger partial charge in [0.1, 0.15) is 5.75 Å². The van der Waals surface area contributed by atoms with E-state index in [4.69, 9.17) is 9.84 Å². The van der Waals surface area contributed by atoms with Gasteiger partial charge in [-0.2, -0.15) is 0 Å². The number of hydrogen-bond donors (Lipinski definition) is 1. The first-order valence-electron chi connectivity index (χ1n) is 4.96. The second-order valence-corrected chi connectivity index (χ2v) is 3.63. The van der Waals surface area contributed by atoms with Gasteiger partial charge in [0.15, 0.2) is 0 Å². The van der Waals surface area contributed by atoms with E-state index in [-0.39, 0.29) is 6.61 Å². The molecule has 0 saturated heterocycles. The fraction of sp³-hybridized carbons (Fsp3) is 0.500. The van der Waals surface area contributed by atoms with Gasteiger partial charge in [0, 0.05) is 13.0 Å². The Balaban J connectivity index is 2.75. The Hall–Kier alpha value is -1.02. The molecule has 0 spiro atoms. The summed E-state index contributed by atoms with van der Waals surface area (Å²) in [6, 6.07) is 4.19. The zero-order valence-electron chi connectivity index (χ0n) is 9.13. The molecule has 0 unspecified atom stereocenters. The quantitative estimate of drug-likeness (QED) is 0.746. The average molecular weight is 194 g/mol. The Labute approximate surface area is 85.5 Å². The van der Waals surface area contributed by atoms with Crippen molar-refractivity contribution in [2.45, 2.75) is 27.2 Å². The highest BCUT2D eigenvalue weighted by atomic mass is 16.5. The SMILES string of the molecule is Cc1cc(C)c(C)c(OCCCO)c1. The minimum absolute atomic E-state index is 0.184. The minimum atomic E-state index is 0.184. The first-order chi connectivity index (χ1) is 6.65. The predicted molar refractivity (Wildman–Crippen MR) is 57.9 cm³/mol. The maximum absolute atomic E-state index is 8.64. The molecule has 0 atom stereocenters. The van der Waals surface area contributed by atoms with Gasteiger partial charge in [-0.25, -0.2) is 0 Å². The normalized spacial score (nSPS) is 10.3. The van der Waals surface area contributed by atoms with Crippen LogP contribution in [0.15, 0.2) is 12.1 Å². The number of aliphatic hydroxyl groups is 1. The van der Waals surface area contributed by atoms with Crippen molar-refractivity contribution in [1.82, 2.24) is 0 Å². The van der Waals surface area contributed by atoms with Gasteiger partial charge in [-0.1, -0.05) is 6.07 Å². The van der Waals surface area contributed by atoms with Crippen molar-refractivity contribution in [3.8, 4) is 5.75 Å². The fourth-order valence-corrected chi connectivity index (χ4v) is 1.40. The van der Waals surface area contributed by atoms with Gasteiger partial charge in [-0.3, -0.25) is 0 Å². The molecule has 1 aromatic rings. The molecule has 0 aliphatic rings. The highest BCUT2D eigenvalue weighted by molar-refractivity contribution is 5.41. The van der Waals surface area contributed by atoms with Crippen LogP contribution in [0.25, 0.3) is 0 Å². The summed E-state index contributed by atoms with van der Waals surface area (Å²) in [6.45, 7) is 6.97. The average Bonchev–Trinajstić information content (AvgIpc) is 2.13. The third kappa shape index (κ3) is 2.74. The highest BCUT2D eigenvalue weighted by Crippen LogP contribution is 2.23. The molecule has 0 heterocycles. The Kier molecular flexibility index (Phi) is 3.96. The molecule has 14 heavy (non-hydrogen) atoms. The maximum Gasteiger partial charge on any atom is 0.122 e. The Morgan fingerprint density at radius 1 is 1.21 bits per heavy atom. The highest BCUT2D eigenvalue weighted by Gasteiger charge is 2.03. The molecule has 1 N–H and O–H groups in total. The van der Waals surface area contributed by atoms with Crippen molar-refractivity contribution < 1.29 is 9.84 Å². The van der Waals surface area contributed by atoms with E-state index in [1.807, 2.05) is 6.07 Å². The number of hydrogen-bond acceptors (Lipinski definition) is 2. The molecule has 0 saturated carbocycles. The fourth-order valence-electron chi connectivity index (χ4n) is 1.40. The Morgan fingerprint density at radius 3 is 2.57 bits per heavy atom. The van der Waals surface area contributed by atoms with Crippen molar-refractivity contribution in [3.63, 3.8) is 0 Å². The van der Waals surface area contributed by atoms with E-state index < -0.39 is 0 Å². The first kappa shape index (κ1) is 11.1. The minimum Gasteiger partial charge on any atom is -0.493 e. The Morgan fingerprint density at radius 2 is 1.93 bits per heavy atom. The lowest BCUT2D eigenvalue weighted by Gasteiger charge is -2.11. The third-order valence-corrected chi connectivity index (χ3v) is 2.32. The zero-order chi connectivity index (χ0) is 10.6. The second-order valence-electron chi connectivity index (χ2n) is 3.63. The molecule has 0 aliphatic carbocycles. The third-order valence-electron chi connectivity index (χ3n) is 2.32. The van der Waals surface area contributed by atoms with Gasteiger partial charge in [0.2, 0.25) is 0 Å². The van der Waals surface area contributed by atoms with Crippen LogP contribution in [0.5, 0.6) is 5.75 Å². The molecule has 0 bridgehead atoms. The molecule has 0 aromatic heterocycles. The molecular formula is C12H18O2. The smallest absolute Gasteiger partial charge is 0.122 e. The van der Waals surface area contributed by atoms with Gasteiger partial charge >= 0.3 is 0 Å². The second kappa shape index (κ2) is 5.01. The molecule has 0 fully saturated rings. The van der Waals surface area contributed by atoms with E-state index in [0.29, 0.717) is 13.0 Å². The monoisotopic (exact) mass is 194 g/mol. The number of benzene rings is 1. The van der Waals surface area contributed by atoms with E-state index in [2.05, 4.69) is 26.8 Å². The summed E-state index contributed by atoms with van der Waals surface area (Å²) in [5.74, 6) is 0.941. The summed E-state index contributed by atoms with van der Waals surface area (Å²) < 4.78 is 5.58. The maximum atomic E-state index is 8.64. The van der Waals surface area contributed by atoms with Crippen LogP contribution in [0, 0.1) is 20.8 Å². The summed E-state index contributed by atoms with van der Waals surface area (Å²) >= 11 is 0.